The van der Waals surface area contributed by atoms with Gasteiger partial charge in [-0.1, -0.05) is 84.2 Å². The fourth-order valence-electron chi connectivity index (χ4n) is 5.53. The SMILES string of the molecule is CCCOc1ccc(-c2nnc(-c3ccc(C#CC(C)(CN)NC(C#Cc4ccc(-c5nnc(-c6ccc(OCCC)c(Cl)c6)s5)cc4)(CO)CO)cc3)o2)cc1Cl.Cl. The lowest BCUT2D eigenvalue weighted by molar-refractivity contribution is 0.114. The highest BCUT2D eigenvalue weighted by molar-refractivity contribution is 7.17. The van der Waals surface area contributed by atoms with Crippen molar-refractivity contribution < 1.29 is 24.1 Å². The van der Waals surface area contributed by atoms with E-state index in [0.717, 1.165) is 34.0 Å². The van der Waals surface area contributed by atoms with Gasteiger partial charge in [-0.2, -0.15) is 0 Å². The average molecular weight is 874 g/mol. The van der Waals surface area contributed by atoms with Gasteiger partial charge < -0.3 is 29.8 Å². The van der Waals surface area contributed by atoms with Crippen LogP contribution in [0.25, 0.3) is 44.1 Å². The van der Waals surface area contributed by atoms with Gasteiger partial charge in [0.15, 0.2) is 0 Å². The second kappa shape index (κ2) is 20.8. The highest BCUT2D eigenvalue weighted by Gasteiger charge is 2.34. The number of nitrogens with two attached hydrogens (primary N) is 1. The smallest absolute Gasteiger partial charge is 0.248 e. The number of rotatable bonds is 15. The molecule has 0 aliphatic rings. The van der Waals surface area contributed by atoms with Crippen molar-refractivity contribution in [3.63, 3.8) is 0 Å². The molecule has 6 rings (SSSR count). The maximum Gasteiger partial charge on any atom is 0.248 e. The largest absolute Gasteiger partial charge is 0.492 e. The zero-order valence-corrected chi connectivity index (χ0v) is 35.7. The van der Waals surface area contributed by atoms with Gasteiger partial charge in [0.1, 0.15) is 27.1 Å². The topological polar surface area (TPSA) is 162 Å². The predicted molar refractivity (Wildman–Crippen MR) is 236 cm³/mol. The first-order valence-corrected chi connectivity index (χ1v) is 20.2. The Labute approximate surface area is 363 Å². The standard InChI is InChI=1S/C44H42Cl2N6O5S.ClH/c1-4-22-55-37-16-14-33(24-35(37)45)40-49-48-39(57-40)31-10-6-29(7-11-31)18-20-43(3,26-47)52-44(27-53,28-54)21-19-30-8-12-32(13-9-30)41-50-51-42(58-41)34-15-17-38(36(46)25-34)56-23-5-2;/h6-17,24-25,52-54H,4-5,22-23,26-28,47H2,1-3H3;1H. The molecule has 0 spiro atoms. The lowest BCUT2D eigenvalue weighted by Gasteiger charge is -2.35. The van der Waals surface area contributed by atoms with Gasteiger partial charge >= 0.3 is 0 Å². The van der Waals surface area contributed by atoms with Gasteiger partial charge in [0.05, 0.1) is 42.0 Å². The summed E-state index contributed by atoms with van der Waals surface area (Å²) in [6, 6.07) is 25.7. The summed E-state index contributed by atoms with van der Waals surface area (Å²) in [6.07, 6.45) is 1.76. The van der Waals surface area contributed by atoms with Crippen LogP contribution in [-0.2, 0) is 0 Å². The first-order valence-electron chi connectivity index (χ1n) is 18.6. The molecule has 0 bridgehead atoms. The molecule has 0 saturated carbocycles. The van der Waals surface area contributed by atoms with Crippen molar-refractivity contribution in [2.45, 2.75) is 44.7 Å². The summed E-state index contributed by atoms with van der Waals surface area (Å²) < 4.78 is 17.3. The van der Waals surface area contributed by atoms with Crippen LogP contribution in [0.4, 0.5) is 0 Å². The fraction of sp³-hybridized carbons (Fsp3) is 0.273. The number of nitrogens with one attached hydrogen (secondary N) is 1. The minimum Gasteiger partial charge on any atom is -0.492 e. The van der Waals surface area contributed by atoms with Crippen LogP contribution in [0.5, 0.6) is 11.5 Å². The molecule has 0 aliphatic heterocycles. The molecule has 11 nitrogen and oxygen atoms in total. The van der Waals surface area contributed by atoms with Crippen molar-refractivity contribution in [3.8, 4) is 79.2 Å². The molecule has 6 aromatic rings. The van der Waals surface area contributed by atoms with Crippen LogP contribution < -0.4 is 20.5 Å². The van der Waals surface area contributed by atoms with Crippen molar-refractivity contribution in [1.29, 1.82) is 0 Å². The molecule has 5 N–H and O–H groups in total. The predicted octanol–water partition coefficient (Wildman–Crippen LogP) is 8.33. The number of aliphatic hydroxyl groups excluding tert-OH is 2. The highest BCUT2D eigenvalue weighted by atomic mass is 35.5. The summed E-state index contributed by atoms with van der Waals surface area (Å²) in [6.45, 7) is 6.12. The highest BCUT2D eigenvalue weighted by Crippen LogP contribution is 2.35. The van der Waals surface area contributed by atoms with E-state index in [1.54, 1.807) is 19.1 Å². The lowest BCUT2D eigenvalue weighted by atomic mass is 9.93. The van der Waals surface area contributed by atoms with E-state index in [2.05, 4.69) is 49.4 Å². The zero-order chi connectivity index (χ0) is 41.1. The van der Waals surface area contributed by atoms with E-state index in [1.165, 1.54) is 11.3 Å². The molecular formula is C44H43Cl3N6O5S. The molecule has 4 aromatic carbocycles. The number of nitrogens with zero attached hydrogens (tertiary/aromatic N) is 4. The van der Waals surface area contributed by atoms with E-state index in [1.807, 2.05) is 86.6 Å². The van der Waals surface area contributed by atoms with Crippen LogP contribution in [0.3, 0.4) is 0 Å². The number of hydrogen-bond donors (Lipinski definition) is 4. The molecule has 2 heterocycles. The van der Waals surface area contributed by atoms with Gasteiger partial charge in [0, 0.05) is 39.9 Å². The number of hydrogen-bond acceptors (Lipinski definition) is 12. The summed E-state index contributed by atoms with van der Waals surface area (Å²) in [5.74, 6) is 14.3. The quantitative estimate of drug-likeness (QED) is 0.0735. The molecule has 0 amide bonds. The summed E-state index contributed by atoms with van der Waals surface area (Å²) in [7, 11) is 0. The van der Waals surface area contributed by atoms with E-state index in [4.69, 9.17) is 42.8 Å². The van der Waals surface area contributed by atoms with Crippen molar-refractivity contribution in [3.05, 3.63) is 106 Å². The number of aliphatic hydroxyl groups is 2. The van der Waals surface area contributed by atoms with Crippen LogP contribution in [-0.4, -0.2) is 74.7 Å². The fourth-order valence-corrected chi connectivity index (χ4v) is 6.85. The molecular weight excluding hydrogens is 831 g/mol. The third kappa shape index (κ3) is 11.4. The lowest BCUT2D eigenvalue weighted by Crippen LogP contribution is -2.62. The first-order chi connectivity index (χ1) is 28.1. The second-order valence-corrected chi connectivity index (χ2v) is 15.3. The van der Waals surface area contributed by atoms with Crippen LogP contribution in [0.1, 0.15) is 44.7 Å². The number of halogens is 3. The minimum atomic E-state index is -1.40. The van der Waals surface area contributed by atoms with Gasteiger partial charge in [0.2, 0.25) is 11.8 Å². The number of ether oxygens (including phenoxy) is 2. The van der Waals surface area contributed by atoms with Crippen LogP contribution >= 0.6 is 46.9 Å². The summed E-state index contributed by atoms with van der Waals surface area (Å²) in [5, 5.41) is 43.7. The third-order valence-electron chi connectivity index (χ3n) is 8.79. The average Bonchev–Trinajstić information content (AvgIpc) is 3.96. The van der Waals surface area contributed by atoms with Crippen molar-refractivity contribution >= 4 is 46.9 Å². The summed E-state index contributed by atoms with van der Waals surface area (Å²) in [4.78, 5) is 0. The van der Waals surface area contributed by atoms with Gasteiger partial charge in [-0.15, -0.1) is 32.8 Å². The van der Waals surface area contributed by atoms with Crippen molar-refractivity contribution in [2.75, 3.05) is 33.0 Å². The Morgan fingerprint density at radius 1 is 0.695 bits per heavy atom. The second-order valence-electron chi connectivity index (χ2n) is 13.5. The van der Waals surface area contributed by atoms with E-state index in [0.29, 0.717) is 68.8 Å². The van der Waals surface area contributed by atoms with Gasteiger partial charge in [-0.25, -0.2) is 0 Å². The minimum absolute atomic E-state index is 0. The van der Waals surface area contributed by atoms with Crippen molar-refractivity contribution in [2.24, 2.45) is 5.73 Å². The van der Waals surface area contributed by atoms with E-state index >= 15 is 0 Å². The molecule has 0 aliphatic carbocycles. The number of aromatic nitrogens is 4. The molecule has 0 saturated heterocycles. The normalized spacial score (nSPS) is 12.0. The molecule has 0 radical (unpaired) electrons. The van der Waals surface area contributed by atoms with Gasteiger partial charge in [-0.05, 0) is 92.6 Å². The molecule has 1 atom stereocenters. The Bertz CT molecular complexity index is 2450. The molecule has 1 unspecified atom stereocenters. The molecule has 0 fully saturated rings. The molecule has 15 heteroatoms. The van der Waals surface area contributed by atoms with Crippen molar-refractivity contribution in [1.82, 2.24) is 25.7 Å². The zero-order valence-electron chi connectivity index (χ0n) is 32.6. The Balaban J connectivity index is 0.00000661. The van der Waals surface area contributed by atoms with Crippen LogP contribution in [0.2, 0.25) is 10.0 Å². The van der Waals surface area contributed by atoms with E-state index in [-0.39, 0.29) is 19.0 Å². The summed E-state index contributed by atoms with van der Waals surface area (Å²) >= 11 is 14.3. The maximum atomic E-state index is 10.5. The van der Waals surface area contributed by atoms with Crippen LogP contribution in [0, 0.1) is 23.7 Å². The summed E-state index contributed by atoms with van der Waals surface area (Å²) in [5.41, 5.74) is 8.22. The maximum absolute atomic E-state index is 10.5. The number of benzene rings is 4. The monoisotopic (exact) mass is 872 g/mol. The van der Waals surface area contributed by atoms with Gasteiger partial charge in [-0.3, -0.25) is 5.32 Å². The molecule has 306 valence electrons. The first kappa shape index (κ1) is 45.1. The third-order valence-corrected chi connectivity index (χ3v) is 10.4. The Morgan fingerprint density at radius 3 is 1.69 bits per heavy atom. The van der Waals surface area contributed by atoms with Crippen LogP contribution in [0.15, 0.2) is 89.3 Å². The molecule has 2 aromatic heterocycles. The van der Waals surface area contributed by atoms with E-state index < -0.39 is 24.3 Å². The Kier molecular flexibility index (Phi) is 15.9. The van der Waals surface area contributed by atoms with Gasteiger partial charge in [0.25, 0.3) is 0 Å². The Morgan fingerprint density at radius 2 is 1.17 bits per heavy atom. The molecule has 59 heavy (non-hydrogen) atoms. The van der Waals surface area contributed by atoms with E-state index in [9.17, 15) is 10.2 Å². The Hall–Kier alpha value is -4.99.